The summed E-state index contributed by atoms with van der Waals surface area (Å²) in [6, 6.07) is 7.43. The number of hydrogen-bond acceptors (Lipinski definition) is 4. The summed E-state index contributed by atoms with van der Waals surface area (Å²) < 4.78 is 0. The molecular weight excluding hydrogens is 230 g/mol. The number of benzene rings is 1. The molecule has 0 aliphatic carbocycles. The lowest BCUT2D eigenvalue weighted by Crippen LogP contribution is -2.47. The molecule has 1 heterocycles. The Labute approximate surface area is 106 Å². The fraction of sp³-hybridized carbons (Fsp3) is 0.385. The number of anilines is 1. The third-order valence-electron chi connectivity index (χ3n) is 3.33. The number of nitrogens with one attached hydrogen (secondary N) is 1. The molecule has 2 rings (SSSR count). The SMILES string of the molecule is CNC(=O)C(C)N1CCC(=NO)c2ccccc21. The van der Waals surface area contributed by atoms with E-state index in [0.29, 0.717) is 18.7 Å². The number of rotatable bonds is 2. The number of carbonyl (C=O) groups excluding carboxylic acids is 1. The predicted octanol–water partition coefficient (Wildman–Crippen LogP) is 1.21. The van der Waals surface area contributed by atoms with Crippen molar-refractivity contribution < 1.29 is 10.0 Å². The second-order valence-electron chi connectivity index (χ2n) is 4.30. The van der Waals surface area contributed by atoms with E-state index in [9.17, 15) is 4.79 Å². The normalized spacial score (nSPS) is 18.3. The first-order chi connectivity index (χ1) is 8.69. The summed E-state index contributed by atoms with van der Waals surface area (Å²) in [6.07, 6.45) is 0.634. The van der Waals surface area contributed by atoms with Gasteiger partial charge in [-0.05, 0) is 13.0 Å². The molecule has 1 aromatic rings. The van der Waals surface area contributed by atoms with Crippen LogP contribution in [0.15, 0.2) is 29.4 Å². The number of para-hydroxylation sites is 1. The van der Waals surface area contributed by atoms with Gasteiger partial charge in [0, 0.05) is 31.3 Å². The highest BCUT2D eigenvalue weighted by molar-refractivity contribution is 6.07. The molecule has 1 atom stereocenters. The van der Waals surface area contributed by atoms with E-state index >= 15 is 0 Å². The van der Waals surface area contributed by atoms with Gasteiger partial charge in [-0.15, -0.1) is 0 Å². The predicted molar refractivity (Wildman–Crippen MR) is 70.3 cm³/mol. The maximum absolute atomic E-state index is 11.7. The van der Waals surface area contributed by atoms with E-state index in [0.717, 1.165) is 11.3 Å². The molecule has 96 valence electrons. The topological polar surface area (TPSA) is 64.9 Å². The van der Waals surface area contributed by atoms with Crippen molar-refractivity contribution in [2.24, 2.45) is 5.16 Å². The molecule has 18 heavy (non-hydrogen) atoms. The maximum atomic E-state index is 11.7. The average Bonchev–Trinajstić information content (AvgIpc) is 2.44. The Morgan fingerprint density at radius 2 is 2.22 bits per heavy atom. The fourth-order valence-corrected chi connectivity index (χ4v) is 2.31. The largest absolute Gasteiger partial charge is 0.411 e. The van der Waals surface area contributed by atoms with E-state index < -0.39 is 0 Å². The Morgan fingerprint density at radius 1 is 1.50 bits per heavy atom. The lowest BCUT2D eigenvalue weighted by molar-refractivity contribution is -0.121. The van der Waals surface area contributed by atoms with Crippen LogP contribution < -0.4 is 10.2 Å². The van der Waals surface area contributed by atoms with Gasteiger partial charge in [0.25, 0.3) is 0 Å². The average molecular weight is 247 g/mol. The van der Waals surface area contributed by atoms with Crippen molar-refractivity contribution in [1.82, 2.24) is 5.32 Å². The molecule has 0 fully saturated rings. The zero-order chi connectivity index (χ0) is 13.1. The maximum Gasteiger partial charge on any atom is 0.242 e. The van der Waals surface area contributed by atoms with Crippen LogP contribution in [0.2, 0.25) is 0 Å². The molecule has 1 aromatic carbocycles. The molecule has 1 aliphatic rings. The first kappa shape index (κ1) is 12.4. The van der Waals surface area contributed by atoms with Crippen LogP contribution in [-0.2, 0) is 4.79 Å². The van der Waals surface area contributed by atoms with Gasteiger partial charge in [-0.1, -0.05) is 23.4 Å². The fourth-order valence-electron chi connectivity index (χ4n) is 2.31. The monoisotopic (exact) mass is 247 g/mol. The van der Waals surface area contributed by atoms with Gasteiger partial charge < -0.3 is 15.4 Å². The number of carbonyl (C=O) groups is 1. The summed E-state index contributed by atoms with van der Waals surface area (Å²) in [7, 11) is 1.63. The van der Waals surface area contributed by atoms with Gasteiger partial charge >= 0.3 is 0 Å². The quantitative estimate of drug-likeness (QED) is 0.610. The third kappa shape index (κ3) is 2.03. The van der Waals surface area contributed by atoms with Crippen LogP contribution in [0, 0.1) is 0 Å². The van der Waals surface area contributed by atoms with Crippen LogP contribution >= 0.6 is 0 Å². The molecule has 1 amide bonds. The summed E-state index contributed by atoms with van der Waals surface area (Å²) in [5.74, 6) is -0.0193. The summed E-state index contributed by atoms with van der Waals surface area (Å²) in [5.41, 5.74) is 2.50. The smallest absolute Gasteiger partial charge is 0.242 e. The van der Waals surface area contributed by atoms with Crippen LogP contribution in [0.5, 0.6) is 0 Å². The van der Waals surface area contributed by atoms with Crippen LogP contribution in [0.1, 0.15) is 18.9 Å². The van der Waals surface area contributed by atoms with Gasteiger partial charge in [0.2, 0.25) is 5.91 Å². The number of fused-ring (bicyclic) bond motifs is 1. The van der Waals surface area contributed by atoms with Crippen molar-refractivity contribution >= 4 is 17.3 Å². The van der Waals surface area contributed by atoms with Crippen molar-refractivity contribution in [3.05, 3.63) is 29.8 Å². The van der Waals surface area contributed by atoms with Gasteiger partial charge in [-0.3, -0.25) is 4.79 Å². The molecule has 0 saturated heterocycles. The number of amides is 1. The van der Waals surface area contributed by atoms with Gasteiger partial charge in [0.05, 0.1) is 5.71 Å². The van der Waals surface area contributed by atoms with Crippen LogP contribution in [0.3, 0.4) is 0 Å². The van der Waals surface area contributed by atoms with Crippen LogP contribution in [0.25, 0.3) is 0 Å². The van der Waals surface area contributed by atoms with E-state index in [-0.39, 0.29) is 11.9 Å². The van der Waals surface area contributed by atoms with E-state index in [1.54, 1.807) is 7.05 Å². The molecule has 1 aliphatic heterocycles. The van der Waals surface area contributed by atoms with E-state index in [1.807, 2.05) is 36.1 Å². The molecule has 2 N–H and O–H groups in total. The molecule has 0 bridgehead atoms. The number of hydrogen-bond donors (Lipinski definition) is 2. The highest BCUT2D eigenvalue weighted by Gasteiger charge is 2.28. The van der Waals surface area contributed by atoms with Crippen molar-refractivity contribution in [1.29, 1.82) is 0 Å². The summed E-state index contributed by atoms with van der Waals surface area (Å²) in [6.45, 7) is 2.54. The van der Waals surface area contributed by atoms with Gasteiger partial charge in [0.15, 0.2) is 0 Å². The molecule has 0 saturated carbocycles. The standard InChI is InChI=1S/C13H17N3O2/c1-9(13(17)14-2)16-8-7-11(15-18)10-5-3-4-6-12(10)16/h3-6,9,18H,7-8H2,1-2H3,(H,14,17). The van der Waals surface area contributed by atoms with Gasteiger partial charge in [-0.25, -0.2) is 0 Å². The van der Waals surface area contributed by atoms with Gasteiger partial charge in [0.1, 0.15) is 6.04 Å². The second kappa shape index (κ2) is 5.08. The summed E-state index contributed by atoms with van der Waals surface area (Å²) >= 11 is 0. The van der Waals surface area contributed by atoms with Gasteiger partial charge in [-0.2, -0.15) is 0 Å². The van der Waals surface area contributed by atoms with E-state index in [1.165, 1.54) is 0 Å². The van der Waals surface area contributed by atoms with Crippen molar-refractivity contribution in [3.8, 4) is 0 Å². The van der Waals surface area contributed by atoms with Crippen LogP contribution in [-0.4, -0.2) is 36.5 Å². The number of nitrogens with zero attached hydrogens (tertiary/aromatic N) is 2. The molecular formula is C13H17N3O2. The van der Waals surface area contributed by atoms with Crippen molar-refractivity contribution in [2.45, 2.75) is 19.4 Å². The minimum Gasteiger partial charge on any atom is -0.411 e. The molecule has 0 spiro atoms. The van der Waals surface area contributed by atoms with E-state index in [2.05, 4.69) is 10.5 Å². The Hall–Kier alpha value is -2.04. The number of oxime groups is 1. The van der Waals surface area contributed by atoms with Crippen molar-refractivity contribution in [2.75, 3.05) is 18.5 Å². The van der Waals surface area contributed by atoms with E-state index in [4.69, 9.17) is 5.21 Å². The highest BCUT2D eigenvalue weighted by Crippen LogP contribution is 2.28. The minimum atomic E-state index is -0.239. The lowest BCUT2D eigenvalue weighted by atomic mass is 9.98. The number of likely N-dealkylation sites (N-methyl/N-ethyl adjacent to an activating group) is 1. The molecule has 5 nitrogen and oxygen atoms in total. The Kier molecular flexibility index (Phi) is 3.50. The first-order valence-corrected chi connectivity index (χ1v) is 5.97. The molecule has 1 unspecified atom stereocenters. The van der Waals surface area contributed by atoms with Crippen molar-refractivity contribution in [3.63, 3.8) is 0 Å². The zero-order valence-corrected chi connectivity index (χ0v) is 10.6. The Balaban J connectivity index is 2.39. The molecule has 0 aromatic heterocycles. The third-order valence-corrected chi connectivity index (χ3v) is 3.33. The lowest BCUT2D eigenvalue weighted by Gasteiger charge is -2.35. The van der Waals surface area contributed by atoms with Crippen LogP contribution in [0.4, 0.5) is 5.69 Å². The molecule has 5 heteroatoms. The summed E-state index contributed by atoms with van der Waals surface area (Å²) in [4.78, 5) is 13.8. The second-order valence-corrected chi connectivity index (χ2v) is 4.30. The minimum absolute atomic E-state index is 0.0193. The summed E-state index contributed by atoms with van der Waals surface area (Å²) in [5, 5.41) is 15.0. The first-order valence-electron chi connectivity index (χ1n) is 5.97. The zero-order valence-electron chi connectivity index (χ0n) is 10.6. The Morgan fingerprint density at radius 3 is 2.89 bits per heavy atom. The molecule has 0 radical (unpaired) electrons. The highest BCUT2D eigenvalue weighted by atomic mass is 16.4. The Bertz CT molecular complexity index is 485.